The van der Waals surface area contributed by atoms with Crippen LogP contribution in [0.25, 0.3) is 0 Å². The van der Waals surface area contributed by atoms with Crippen LogP contribution in [0.3, 0.4) is 0 Å². The van der Waals surface area contributed by atoms with Gasteiger partial charge in [0.15, 0.2) is 12.1 Å². The normalized spacial score (nSPS) is 9.62. The minimum atomic E-state index is -0.905. The minimum absolute atomic E-state index is 0.232. The Hall–Kier alpha value is -1.98. The fourth-order valence-electron chi connectivity index (χ4n) is 0.899. The molecule has 0 amide bonds. The highest BCUT2D eigenvalue weighted by Crippen LogP contribution is 2.27. The zero-order valence-corrected chi connectivity index (χ0v) is 6.36. The zero-order valence-electron chi connectivity index (χ0n) is 6.36. The minimum Gasteiger partial charge on any atom is -0.391 e. The van der Waals surface area contributed by atoms with Gasteiger partial charge in [-0.15, -0.1) is 0 Å². The average Bonchev–Trinajstić information content (AvgIpc) is 2.08. The number of anilines is 1. The summed E-state index contributed by atoms with van der Waals surface area (Å²) in [7, 11) is 0. The summed E-state index contributed by atoms with van der Waals surface area (Å²) < 4.78 is 12.7. The molecule has 68 valence electrons. The van der Waals surface area contributed by atoms with Gasteiger partial charge in [-0.05, 0) is 12.1 Å². The number of nitrogen functional groups attached to an aromatic ring is 1. The second kappa shape index (κ2) is 3.18. The Labute approximate surface area is 72.1 Å². The Bertz CT molecular complexity index is 378. The van der Waals surface area contributed by atoms with Gasteiger partial charge in [0.25, 0.3) is 0 Å². The van der Waals surface area contributed by atoms with Crippen molar-refractivity contribution in [3.05, 3.63) is 33.6 Å². The number of carbonyl (C=O) groups is 1. The lowest BCUT2D eigenvalue weighted by molar-refractivity contribution is -0.384. The summed E-state index contributed by atoms with van der Waals surface area (Å²) in [4.78, 5) is 19.8. The van der Waals surface area contributed by atoms with Crippen LogP contribution >= 0.6 is 0 Å². The van der Waals surface area contributed by atoms with Gasteiger partial charge in [-0.2, -0.15) is 0 Å². The van der Waals surface area contributed by atoms with Gasteiger partial charge >= 0.3 is 5.69 Å². The Morgan fingerprint density at radius 3 is 2.62 bits per heavy atom. The van der Waals surface area contributed by atoms with E-state index in [0.29, 0.717) is 0 Å². The Balaban J connectivity index is 3.50. The third kappa shape index (κ3) is 1.46. The molecule has 0 bridgehead atoms. The van der Waals surface area contributed by atoms with Crippen LogP contribution in [0.1, 0.15) is 10.4 Å². The number of aldehydes is 1. The quantitative estimate of drug-likeness (QED) is 0.323. The number of carbonyl (C=O) groups excluding carboxylic acids is 1. The summed E-state index contributed by atoms with van der Waals surface area (Å²) in [6.45, 7) is 0. The first kappa shape index (κ1) is 9.11. The van der Waals surface area contributed by atoms with Gasteiger partial charge in [0.2, 0.25) is 0 Å². The van der Waals surface area contributed by atoms with Crippen LogP contribution in [0, 0.1) is 15.9 Å². The van der Waals surface area contributed by atoms with Gasteiger partial charge in [0, 0.05) is 0 Å². The van der Waals surface area contributed by atoms with Gasteiger partial charge < -0.3 is 5.73 Å². The van der Waals surface area contributed by atoms with Crippen molar-refractivity contribution in [3.8, 4) is 0 Å². The van der Waals surface area contributed by atoms with E-state index in [-0.39, 0.29) is 11.8 Å². The molecular formula is C7H5FN2O3. The van der Waals surface area contributed by atoms with E-state index < -0.39 is 22.1 Å². The molecule has 0 radical (unpaired) electrons. The maximum absolute atomic E-state index is 12.7. The topological polar surface area (TPSA) is 86.2 Å². The Morgan fingerprint density at radius 1 is 1.54 bits per heavy atom. The van der Waals surface area contributed by atoms with E-state index in [1.807, 2.05) is 0 Å². The third-order valence-corrected chi connectivity index (χ3v) is 1.50. The monoisotopic (exact) mass is 184 g/mol. The molecule has 0 aliphatic heterocycles. The largest absolute Gasteiger partial charge is 0.391 e. The predicted molar refractivity (Wildman–Crippen MR) is 42.9 cm³/mol. The number of nitro groups is 1. The number of halogens is 1. The van der Waals surface area contributed by atoms with Crippen molar-refractivity contribution in [3.63, 3.8) is 0 Å². The lowest BCUT2D eigenvalue weighted by atomic mass is 10.1. The van der Waals surface area contributed by atoms with Crippen molar-refractivity contribution < 1.29 is 14.1 Å². The van der Waals surface area contributed by atoms with Crippen molar-refractivity contribution in [1.82, 2.24) is 0 Å². The van der Waals surface area contributed by atoms with Crippen molar-refractivity contribution in [2.75, 3.05) is 5.73 Å². The standard InChI is InChI=1S/C7H5FN2O3/c8-5-2-1-4(3-11)7(6(5)9)10(12)13/h1-3H,9H2. The smallest absolute Gasteiger partial charge is 0.305 e. The fourth-order valence-corrected chi connectivity index (χ4v) is 0.899. The van der Waals surface area contributed by atoms with Crippen LogP contribution in [0.15, 0.2) is 12.1 Å². The van der Waals surface area contributed by atoms with E-state index in [9.17, 15) is 19.3 Å². The molecule has 0 unspecified atom stereocenters. The van der Waals surface area contributed by atoms with Crippen molar-refractivity contribution >= 4 is 17.7 Å². The van der Waals surface area contributed by atoms with Crippen LogP contribution < -0.4 is 5.73 Å². The molecule has 0 atom stereocenters. The molecule has 0 aliphatic carbocycles. The molecule has 0 fully saturated rings. The molecule has 2 N–H and O–H groups in total. The van der Waals surface area contributed by atoms with Crippen molar-refractivity contribution in [2.24, 2.45) is 0 Å². The SMILES string of the molecule is Nc1c(F)ccc(C=O)c1[N+](=O)[O-]. The van der Waals surface area contributed by atoms with Gasteiger partial charge in [-0.25, -0.2) is 4.39 Å². The van der Waals surface area contributed by atoms with Gasteiger partial charge in [-0.3, -0.25) is 14.9 Å². The van der Waals surface area contributed by atoms with E-state index in [1.165, 1.54) is 0 Å². The number of hydrogen-bond acceptors (Lipinski definition) is 4. The predicted octanol–water partition coefficient (Wildman–Crippen LogP) is 1.13. The molecule has 5 nitrogen and oxygen atoms in total. The van der Waals surface area contributed by atoms with Crippen LogP contribution in [0.4, 0.5) is 15.8 Å². The maximum atomic E-state index is 12.7. The fraction of sp³-hybridized carbons (Fsp3) is 0. The molecule has 0 aromatic heterocycles. The van der Waals surface area contributed by atoms with Crippen LogP contribution in [0.2, 0.25) is 0 Å². The molecule has 0 heterocycles. The Morgan fingerprint density at radius 2 is 2.15 bits per heavy atom. The second-order valence-corrected chi connectivity index (χ2v) is 2.27. The molecule has 6 heteroatoms. The summed E-state index contributed by atoms with van der Waals surface area (Å²) in [6, 6.07) is 1.92. The highest BCUT2D eigenvalue weighted by atomic mass is 19.1. The summed E-state index contributed by atoms with van der Waals surface area (Å²) in [5.74, 6) is -0.905. The first-order valence-corrected chi connectivity index (χ1v) is 3.25. The van der Waals surface area contributed by atoms with E-state index in [4.69, 9.17) is 5.73 Å². The third-order valence-electron chi connectivity index (χ3n) is 1.50. The molecule has 0 saturated heterocycles. The average molecular weight is 184 g/mol. The molecular weight excluding hydrogens is 179 g/mol. The Kier molecular flexibility index (Phi) is 2.23. The number of nitro benzene ring substituents is 1. The van der Waals surface area contributed by atoms with Crippen LogP contribution in [-0.4, -0.2) is 11.2 Å². The highest BCUT2D eigenvalue weighted by Gasteiger charge is 2.20. The molecule has 1 aromatic carbocycles. The second-order valence-electron chi connectivity index (χ2n) is 2.27. The van der Waals surface area contributed by atoms with E-state index >= 15 is 0 Å². The van der Waals surface area contributed by atoms with Crippen LogP contribution in [-0.2, 0) is 0 Å². The lowest BCUT2D eigenvalue weighted by Crippen LogP contribution is -2.02. The van der Waals surface area contributed by atoms with Gasteiger partial charge in [-0.1, -0.05) is 0 Å². The number of rotatable bonds is 2. The van der Waals surface area contributed by atoms with Gasteiger partial charge in [0.05, 0.1) is 10.5 Å². The zero-order chi connectivity index (χ0) is 10.0. The summed E-state index contributed by atoms with van der Waals surface area (Å²) in [5.41, 5.74) is 3.55. The number of benzene rings is 1. The first-order chi connectivity index (χ1) is 6.07. The van der Waals surface area contributed by atoms with Gasteiger partial charge in [0.1, 0.15) is 5.69 Å². The van der Waals surface area contributed by atoms with E-state index in [2.05, 4.69) is 0 Å². The maximum Gasteiger partial charge on any atom is 0.305 e. The van der Waals surface area contributed by atoms with E-state index in [1.54, 1.807) is 0 Å². The molecule has 0 spiro atoms. The first-order valence-electron chi connectivity index (χ1n) is 3.25. The van der Waals surface area contributed by atoms with Crippen molar-refractivity contribution in [1.29, 1.82) is 0 Å². The highest BCUT2D eigenvalue weighted by molar-refractivity contribution is 5.86. The van der Waals surface area contributed by atoms with Crippen molar-refractivity contribution in [2.45, 2.75) is 0 Å². The number of nitrogens with zero attached hydrogens (tertiary/aromatic N) is 1. The lowest BCUT2D eigenvalue weighted by Gasteiger charge is -1.99. The van der Waals surface area contributed by atoms with Crippen LogP contribution in [0.5, 0.6) is 0 Å². The summed E-state index contributed by atoms with van der Waals surface area (Å²) >= 11 is 0. The number of nitrogens with two attached hydrogens (primary N) is 1. The molecule has 0 aliphatic rings. The molecule has 13 heavy (non-hydrogen) atoms. The summed E-state index contributed by atoms with van der Waals surface area (Å²) in [5, 5.41) is 10.4. The number of hydrogen-bond donors (Lipinski definition) is 1. The summed E-state index contributed by atoms with van der Waals surface area (Å²) in [6.07, 6.45) is 0.258. The van der Waals surface area contributed by atoms with E-state index in [0.717, 1.165) is 12.1 Å². The molecule has 1 rings (SSSR count). The molecule has 1 aromatic rings. The molecule has 0 saturated carbocycles.